The third kappa shape index (κ3) is 3.36. The van der Waals surface area contributed by atoms with Gasteiger partial charge in [0.2, 0.25) is 0 Å². The van der Waals surface area contributed by atoms with E-state index >= 15 is 0 Å². The van der Waals surface area contributed by atoms with Crippen molar-refractivity contribution in [2.75, 3.05) is 11.9 Å². The standard InChI is InChI=1S/C11H11N3S3/c1-2-5-12-10(15)14-11-13-8(7-17-11)9-4-3-6-16-9/h2-4,6-7H,1,5H2,(H2,12,13,14,15). The zero-order valence-corrected chi connectivity index (χ0v) is 11.4. The maximum atomic E-state index is 5.11. The molecule has 88 valence electrons. The van der Waals surface area contributed by atoms with Crippen LogP contribution in [0.3, 0.4) is 0 Å². The molecule has 2 N–H and O–H groups in total. The average molecular weight is 281 g/mol. The molecule has 0 atom stereocenters. The summed E-state index contributed by atoms with van der Waals surface area (Å²) in [5.41, 5.74) is 0.985. The third-order valence-electron chi connectivity index (χ3n) is 1.91. The Bertz CT molecular complexity index is 502. The summed E-state index contributed by atoms with van der Waals surface area (Å²) in [5, 5.41) is 11.5. The molecule has 0 aliphatic rings. The second-order valence-corrected chi connectivity index (χ2v) is 5.35. The number of thiophene rings is 1. The highest BCUT2D eigenvalue weighted by molar-refractivity contribution is 7.80. The Balaban J connectivity index is 1.99. The molecule has 0 fully saturated rings. The molecule has 0 unspecified atom stereocenters. The summed E-state index contributed by atoms with van der Waals surface area (Å²) < 4.78 is 0. The van der Waals surface area contributed by atoms with E-state index in [4.69, 9.17) is 12.2 Å². The molecule has 0 saturated carbocycles. The SMILES string of the molecule is C=CCNC(=S)Nc1nc(-c2cccs2)cs1. The van der Waals surface area contributed by atoms with Crippen LogP contribution in [0.4, 0.5) is 5.13 Å². The van der Waals surface area contributed by atoms with Crippen molar-refractivity contribution in [3.05, 3.63) is 35.5 Å². The Kier molecular flexibility index (Phi) is 4.24. The zero-order valence-electron chi connectivity index (χ0n) is 8.97. The number of thiazole rings is 1. The van der Waals surface area contributed by atoms with Gasteiger partial charge in [-0.05, 0) is 23.7 Å². The van der Waals surface area contributed by atoms with Crippen LogP contribution < -0.4 is 10.6 Å². The lowest BCUT2D eigenvalue weighted by Gasteiger charge is -2.04. The van der Waals surface area contributed by atoms with Crippen molar-refractivity contribution in [2.45, 2.75) is 0 Å². The smallest absolute Gasteiger partial charge is 0.189 e. The summed E-state index contributed by atoms with van der Waals surface area (Å²) in [6, 6.07) is 4.07. The zero-order chi connectivity index (χ0) is 12.1. The Labute approximate surface area is 113 Å². The fourth-order valence-electron chi connectivity index (χ4n) is 1.17. The van der Waals surface area contributed by atoms with E-state index in [2.05, 4.69) is 28.3 Å². The second kappa shape index (κ2) is 5.90. The van der Waals surface area contributed by atoms with Gasteiger partial charge in [0, 0.05) is 11.9 Å². The van der Waals surface area contributed by atoms with Crippen LogP contribution in [0.5, 0.6) is 0 Å². The van der Waals surface area contributed by atoms with Gasteiger partial charge in [0.25, 0.3) is 0 Å². The minimum absolute atomic E-state index is 0.567. The first kappa shape index (κ1) is 12.2. The molecule has 0 saturated heterocycles. The molecule has 17 heavy (non-hydrogen) atoms. The predicted octanol–water partition coefficient (Wildman–Crippen LogP) is 3.34. The monoisotopic (exact) mass is 281 g/mol. The molecule has 6 heteroatoms. The van der Waals surface area contributed by atoms with E-state index < -0.39 is 0 Å². The Morgan fingerprint density at radius 3 is 3.12 bits per heavy atom. The third-order valence-corrected chi connectivity index (χ3v) is 3.80. The van der Waals surface area contributed by atoms with Gasteiger partial charge in [-0.2, -0.15) is 0 Å². The van der Waals surface area contributed by atoms with Gasteiger partial charge >= 0.3 is 0 Å². The van der Waals surface area contributed by atoms with Gasteiger partial charge in [-0.1, -0.05) is 12.1 Å². The summed E-state index contributed by atoms with van der Waals surface area (Å²) >= 11 is 8.33. The molecular weight excluding hydrogens is 270 g/mol. The van der Waals surface area contributed by atoms with E-state index in [9.17, 15) is 0 Å². The van der Waals surface area contributed by atoms with E-state index in [1.54, 1.807) is 28.7 Å². The predicted molar refractivity (Wildman–Crippen MR) is 79.8 cm³/mol. The lowest BCUT2D eigenvalue weighted by atomic mass is 10.4. The molecule has 2 heterocycles. The molecule has 2 aromatic rings. The molecule has 0 amide bonds. The van der Waals surface area contributed by atoms with Gasteiger partial charge in [0.15, 0.2) is 10.2 Å². The molecule has 0 bridgehead atoms. The van der Waals surface area contributed by atoms with E-state index in [-0.39, 0.29) is 0 Å². The van der Waals surface area contributed by atoms with Crippen LogP contribution in [0.2, 0.25) is 0 Å². The molecule has 0 spiro atoms. The number of aromatic nitrogens is 1. The highest BCUT2D eigenvalue weighted by atomic mass is 32.1. The van der Waals surface area contributed by atoms with Crippen molar-refractivity contribution in [1.82, 2.24) is 10.3 Å². The summed E-state index contributed by atoms with van der Waals surface area (Å²) in [6.45, 7) is 4.26. The van der Waals surface area contributed by atoms with Gasteiger partial charge < -0.3 is 10.6 Å². The average Bonchev–Trinajstić information content (AvgIpc) is 2.95. The Morgan fingerprint density at radius 1 is 1.53 bits per heavy atom. The maximum Gasteiger partial charge on any atom is 0.189 e. The van der Waals surface area contributed by atoms with Crippen molar-refractivity contribution in [1.29, 1.82) is 0 Å². The molecule has 0 aliphatic carbocycles. The molecular formula is C11H11N3S3. The van der Waals surface area contributed by atoms with Crippen LogP contribution in [0.1, 0.15) is 0 Å². The quantitative estimate of drug-likeness (QED) is 0.666. The normalized spacial score (nSPS) is 9.88. The van der Waals surface area contributed by atoms with Crippen molar-refractivity contribution >= 4 is 45.1 Å². The van der Waals surface area contributed by atoms with Crippen LogP contribution in [0, 0.1) is 0 Å². The number of hydrogen-bond donors (Lipinski definition) is 2. The lowest BCUT2D eigenvalue weighted by Crippen LogP contribution is -2.28. The fourth-order valence-corrected chi connectivity index (χ4v) is 2.90. The minimum atomic E-state index is 0.567. The van der Waals surface area contributed by atoms with Crippen molar-refractivity contribution in [2.24, 2.45) is 0 Å². The molecule has 2 rings (SSSR count). The largest absolute Gasteiger partial charge is 0.359 e. The first-order chi connectivity index (χ1) is 8.29. The second-order valence-electron chi connectivity index (χ2n) is 3.14. The Hall–Kier alpha value is -1.24. The summed E-state index contributed by atoms with van der Waals surface area (Å²) in [7, 11) is 0. The van der Waals surface area contributed by atoms with Crippen molar-refractivity contribution < 1.29 is 0 Å². The summed E-state index contributed by atoms with van der Waals surface area (Å²) in [6.07, 6.45) is 1.76. The van der Waals surface area contributed by atoms with Crippen LogP contribution >= 0.6 is 34.9 Å². The number of thiocarbonyl (C=S) groups is 1. The maximum absolute atomic E-state index is 5.11. The van der Waals surface area contributed by atoms with Crippen molar-refractivity contribution in [3.8, 4) is 10.6 Å². The Morgan fingerprint density at radius 2 is 2.41 bits per heavy atom. The summed E-state index contributed by atoms with van der Waals surface area (Å²) in [5.74, 6) is 0. The number of hydrogen-bond acceptors (Lipinski definition) is 4. The van der Waals surface area contributed by atoms with Crippen LogP contribution in [-0.2, 0) is 0 Å². The number of rotatable bonds is 4. The van der Waals surface area contributed by atoms with E-state index in [0.717, 1.165) is 10.8 Å². The highest BCUT2D eigenvalue weighted by Gasteiger charge is 2.05. The van der Waals surface area contributed by atoms with Crippen molar-refractivity contribution in [3.63, 3.8) is 0 Å². The first-order valence-electron chi connectivity index (χ1n) is 4.95. The van der Waals surface area contributed by atoms with E-state index in [0.29, 0.717) is 11.7 Å². The van der Waals surface area contributed by atoms with Gasteiger partial charge in [0.1, 0.15) is 0 Å². The van der Waals surface area contributed by atoms with Crippen LogP contribution in [0.15, 0.2) is 35.5 Å². The van der Waals surface area contributed by atoms with Gasteiger partial charge in [-0.25, -0.2) is 4.98 Å². The number of nitrogens with zero attached hydrogens (tertiary/aromatic N) is 1. The van der Waals surface area contributed by atoms with Crippen LogP contribution in [-0.4, -0.2) is 16.6 Å². The topological polar surface area (TPSA) is 37.0 Å². The van der Waals surface area contributed by atoms with Gasteiger partial charge in [-0.3, -0.25) is 0 Å². The number of anilines is 1. The first-order valence-corrected chi connectivity index (χ1v) is 7.11. The van der Waals surface area contributed by atoms with E-state index in [1.807, 2.05) is 16.8 Å². The molecule has 3 nitrogen and oxygen atoms in total. The van der Waals surface area contributed by atoms with E-state index in [1.165, 1.54) is 4.88 Å². The molecule has 0 radical (unpaired) electrons. The highest BCUT2D eigenvalue weighted by Crippen LogP contribution is 2.28. The molecule has 0 aliphatic heterocycles. The fraction of sp³-hybridized carbons (Fsp3) is 0.0909. The number of nitrogens with one attached hydrogen (secondary N) is 2. The van der Waals surface area contributed by atoms with Gasteiger partial charge in [0.05, 0.1) is 10.6 Å². The summed E-state index contributed by atoms with van der Waals surface area (Å²) in [4.78, 5) is 5.63. The molecule has 0 aromatic carbocycles. The van der Waals surface area contributed by atoms with Crippen LogP contribution in [0.25, 0.3) is 10.6 Å². The van der Waals surface area contributed by atoms with Gasteiger partial charge in [-0.15, -0.1) is 29.3 Å². The lowest BCUT2D eigenvalue weighted by molar-refractivity contribution is 1.06. The molecule has 2 aromatic heterocycles. The minimum Gasteiger partial charge on any atom is -0.359 e.